The molecule has 2 aliphatic rings. The van der Waals surface area contributed by atoms with Gasteiger partial charge in [0.1, 0.15) is 48.3 Å². The SMILES string of the molecule is CCCCC1NC(=O)C(NC(C)=O)CSSCC(C(N)=O)NC(=O)CNC(=O)C(CC2C=Nc3ccccc32)NC(=O)C(CCCN=C(N)N)NC(=O)C(Cc2ccc3ccccc3c2)NC(=O)C(Cc2cnc[nH]2)NC(=O)C(CCCN=C(N)N)NC1=O.O=C(O)C(F)(F)F. The van der Waals surface area contributed by atoms with Gasteiger partial charge in [-0.3, -0.25) is 62.9 Å². The minimum atomic E-state index is -5.08. The number of carboxylic acid groups (broad SMARTS) is 1. The molecule has 1 saturated heterocycles. The van der Waals surface area contributed by atoms with Crippen molar-refractivity contribution < 1.29 is 71.0 Å². The van der Waals surface area contributed by atoms with E-state index in [-0.39, 0.29) is 87.9 Å². The number of guanidine groups is 2. The molecule has 2 aliphatic heterocycles. The number of aromatic nitrogens is 2. The Morgan fingerprint density at radius 3 is 1.72 bits per heavy atom. The summed E-state index contributed by atoms with van der Waals surface area (Å²) in [6, 6.07) is 9.19. The van der Waals surface area contributed by atoms with Gasteiger partial charge in [0.15, 0.2) is 11.9 Å². The number of primary amides is 1. The van der Waals surface area contributed by atoms with Gasteiger partial charge in [-0.15, -0.1) is 0 Å². The van der Waals surface area contributed by atoms with Crippen molar-refractivity contribution >= 4 is 121 Å². The maximum Gasteiger partial charge on any atom is 0.490 e. The predicted octanol–water partition coefficient (Wildman–Crippen LogP) is -0.937. The van der Waals surface area contributed by atoms with E-state index in [1.165, 1.54) is 19.4 Å². The highest BCUT2D eigenvalue weighted by molar-refractivity contribution is 8.76. The van der Waals surface area contributed by atoms with E-state index in [4.69, 9.17) is 38.6 Å². The first-order valence-corrected chi connectivity index (χ1v) is 32.8. The molecule has 0 radical (unpaired) electrons. The summed E-state index contributed by atoms with van der Waals surface area (Å²) >= 11 is 0. The highest BCUT2D eigenvalue weighted by Gasteiger charge is 2.39. The summed E-state index contributed by atoms with van der Waals surface area (Å²) < 4.78 is 31.7. The van der Waals surface area contributed by atoms with Crippen LogP contribution in [0, 0.1) is 0 Å². The highest BCUT2D eigenvalue weighted by atomic mass is 33.1. The number of nitrogens with zero attached hydrogens (tertiary/aromatic N) is 4. The standard InChI is InChI=1S/C58H79N19O10S2.C2HF3O2/c1-3-4-14-40-51(82)72-41(16-9-20-65-57(60)61)53(84)77-45(25-37-27-64-31-69-37)55(86)75-43(23-33-18-19-34-11-5-6-12-35(34)22-33)54(85)73-42(17-10-21-66-58(62)63)52(83)76-44(24-36-26-67-39-15-8-7-13-38(36)39)50(81)68-28-48(79)71-46(49(59)80)29-88-89-30-47(56(87)74-40)70-32(2)78;3-2(4,5)1(6)7/h5-8,11-13,15,18-19,22,26-27,31,36,40-47H,3-4,9-10,14,16-17,20-21,23-25,28-30H2,1-2H3,(H2,59,80)(H,64,69)(H,68,81)(H,70,78)(H,71,79)(H,72,82)(H,73,85)(H,74,87)(H,75,86)(H,76,83)(H,77,84)(H4,60,61,65)(H4,62,63,66);(H,6,7). The van der Waals surface area contributed by atoms with Crippen LogP contribution in [-0.2, 0) is 65.6 Å². The second-order valence-corrected chi connectivity index (χ2v) is 24.7. The summed E-state index contributed by atoms with van der Waals surface area (Å²) in [6.07, 6.45) is 0.104. The van der Waals surface area contributed by atoms with Crippen molar-refractivity contribution in [1.29, 1.82) is 0 Å². The maximum atomic E-state index is 15.1. The molecule has 0 aliphatic carbocycles. The van der Waals surface area contributed by atoms with Crippen LogP contribution in [0.5, 0.6) is 0 Å². The van der Waals surface area contributed by atoms with Crippen molar-refractivity contribution in [3.8, 4) is 0 Å². The van der Waals surface area contributed by atoms with Gasteiger partial charge in [-0.2, -0.15) is 13.2 Å². The highest BCUT2D eigenvalue weighted by Crippen LogP contribution is 2.34. The van der Waals surface area contributed by atoms with Gasteiger partial charge >= 0.3 is 12.1 Å². The van der Waals surface area contributed by atoms with Gasteiger partial charge in [0.25, 0.3) is 0 Å². The number of hydrogen-bond donors (Lipinski definition) is 16. The first-order chi connectivity index (χ1) is 45.6. The number of halogens is 3. The van der Waals surface area contributed by atoms with Crippen molar-refractivity contribution in [2.45, 2.75) is 138 Å². The molecule has 3 heterocycles. The number of hydrogen-bond acceptors (Lipinski definition) is 17. The summed E-state index contributed by atoms with van der Waals surface area (Å²) in [7, 11) is 2.08. The van der Waals surface area contributed by atoms with Crippen LogP contribution in [-0.4, -0.2) is 184 Å². The molecule has 0 saturated carbocycles. The molecule has 36 heteroatoms. The largest absolute Gasteiger partial charge is 0.490 e. The number of nitrogens with one attached hydrogen (secondary N) is 10. The number of amides is 10. The summed E-state index contributed by atoms with van der Waals surface area (Å²) in [5, 5.41) is 33.1. The molecular weight excluding hydrogens is 1300 g/mol. The summed E-state index contributed by atoms with van der Waals surface area (Å²) in [5.74, 6) is -12.1. The van der Waals surface area contributed by atoms with Gasteiger partial charge in [-0.1, -0.05) is 102 Å². The average molecular weight is 1380 g/mol. The van der Waals surface area contributed by atoms with Crippen molar-refractivity contribution in [2.75, 3.05) is 31.1 Å². The number of alkyl halides is 3. The van der Waals surface area contributed by atoms with E-state index in [1.54, 1.807) is 30.5 Å². The number of rotatable bonds is 19. The summed E-state index contributed by atoms with van der Waals surface area (Å²) in [5.41, 5.74) is 30.6. The molecule has 0 bridgehead atoms. The van der Waals surface area contributed by atoms with Crippen LogP contribution in [0.2, 0.25) is 0 Å². The number of carbonyl (C=O) groups is 11. The lowest BCUT2D eigenvalue weighted by Gasteiger charge is -2.28. The first kappa shape index (κ1) is 76.7. The van der Waals surface area contributed by atoms with Crippen LogP contribution < -0.4 is 76.5 Å². The number of aromatic amines is 1. The Kier molecular flexibility index (Phi) is 30.7. The van der Waals surface area contributed by atoms with Crippen LogP contribution >= 0.6 is 21.6 Å². The lowest BCUT2D eigenvalue weighted by molar-refractivity contribution is -0.192. The number of nitrogens with two attached hydrogens (primary N) is 5. The Morgan fingerprint density at radius 2 is 1.17 bits per heavy atom. The second kappa shape index (κ2) is 38.4. The number of carboxylic acids is 1. The molecule has 9 atom stereocenters. The third-order valence-electron chi connectivity index (χ3n) is 14.6. The zero-order valence-corrected chi connectivity index (χ0v) is 54.1. The minimum absolute atomic E-state index is 0.0212. The van der Waals surface area contributed by atoms with Crippen molar-refractivity contribution in [3.63, 3.8) is 0 Å². The molecule has 10 amide bonds. The molecule has 96 heavy (non-hydrogen) atoms. The van der Waals surface area contributed by atoms with Gasteiger partial charge in [-0.05, 0) is 66.5 Å². The van der Waals surface area contributed by atoms with Crippen molar-refractivity contribution in [3.05, 3.63) is 96.1 Å². The Labute approximate surface area is 557 Å². The van der Waals surface area contributed by atoms with E-state index in [2.05, 4.69) is 72.8 Å². The molecule has 6 rings (SSSR count). The van der Waals surface area contributed by atoms with Crippen molar-refractivity contribution in [2.24, 2.45) is 43.6 Å². The third-order valence-corrected chi connectivity index (χ3v) is 17.0. The number of carbonyl (C=O) groups excluding carboxylic acids is 10. The number of aliphatic imine (C=N–C) groups is 3. The molecule has 520 valence electrons. The van der Waals surface area contributed by atoms with Gasteiger partial charge in [0.05, 0.1) is 18.6 Å². The summed E-state index contributed by atoms with van der Waals surface area (Å²) in [6.45, 7) is 2.44. The number of H-pyrrole nitrogens is 1. The topological polar surface area (TPSA) is 512 Å². The monoisotopic (exact) mass is 1380 g/mol. The molecule has 1 aromatic heterocycles. The van der Waals surface area contributed by atoms with Gasteiger partial charge < -0.3 is 86.6 Å². The number of aliphatic carboxylic acids is 1. The van der Waals surface area contributed by atoms with E-state index in [1.807, 2.05) is 49.4 Å². The third kappa shape index (κ3) is 26.1. The molecule has 9 unspecified atom stereocenters. The zero-order chi connectivity index (χ0) is 70.5. The molecule has 1 fully saturated rings. The number of unbranched alkanes of at least 4 members (excludes halogenated alkanes) is 1. The predicted molar refractivity (Wildman–Crippen MR) is 353 cm³/mol. The Bertz CT molecular complexity index is 3470. The summed E-state index contributed by atoms with van der Waals surface area (Å²) in [4.78, 5) is 170. The normalized spacial score (nSPS) is 22.1. The lowest BCUT2D eigenvalue weighted by Crippen LogP contribution is -2.61. The Balaban J connectivity index is 0.00000225. The van der Waals surface area contributed by atoms with E-state index in [9.17, 15) is 51.5 Å². The minimum Gasteiger partial charge on any atom is -0.475 e. The quantitative estimate of drug-likeness (QED) is 0.0233. The number of imidazole rings is 1. The van der Waals surface area contributed by atoms with Crippen LogP contribution in [0.3, 0.4) is 0 Å². The van der Waals surface area contributed by atoms with Crippen LogP contribution in [0.4, 0.5) is 18.9 Å². The van der Waals surface area contributed by atoms with E-state index >= 15 is 9.59 Å². The molecule has 31 nitrogen and oxygen atoms in total. The van der Waals surface area contributed by atoms with E-state index in [0.29, 0.717) is 29.8 Å². The molecule has 0 spiro atoms. The average Bonchev–Trinajstić information content (AvgIpc) is 1.61. The van der Waals surface area contributed by atoms with Gasteiger partial charge in [-0.25, -0.2) is 9.78 Å². The molecule has 21 N–H and O–H groups in total. The Morgan fingerprint density at radius 1 is 0.646 bits per heavy atom. The number of para-hydroxylation sites is 1. The van der Waals surface area contributed by atoms with Crippen LogP contribution in [0.1, 0.15) is 88.0 Å². The van der Waals surface area contributed by atoms with E-state index in [0.717, 1.165) is 37.9 Å². The fourth-order valence-electron chi connectivity index (χ4n) is 9.73. The fraction of sp³-hybridized carbons (Fsp3) is 0.450. The van der Waals surface area contributed by atoms with Gasteiger partial charge in [0.2, 0.25) is 59.1 Å². The molecule has 3 aromatic carbocycles. The van der Waals surface area contributed by atoms with Crippen molar-refractivity contribution in [1.82, 2.24) is 57.8 Å². The lowest BCUT2D eigenvalue weighted by atomic mass is 9.93. The van der Waals surface area contributed by atoms with E-state index < -0.39 is 132 Å². The fourth-order valence-corrected chi connectivity index (χ4v) is 12.1. The smallest absolute Gasteiger partial charge is 0.475 e. The maximum absolute atomic E-state index is 15.1. The van der Waals surface area contributed by atoms with Crippen LogP contribution in [0.15, 0.2) is 94.2 Å². The van der Waals surface area contributed by atoms with Crippen LogP contribution in [0.25, 0.3) is 10.8 Å². The number of benzene rings is 3. The number of fused-ring (bicyclic) bond motifs is 2. The zero-order valence-electron chi connectivity index (χ0n) is 52.4. The first-order valence-electron chi connectivity index (χ1n) is 30.3. The molecule has 4 aromatic rings. The van der Waals surface area contributed by atoms with Gasteiger partial charge in [0, 0.05) is 68.4 Å². The molecular formula is C60H80F3N19O12S2. The Hall–Kier alpha value is -10.00. The second-order valence-electron chi connectivity index (χ2n) is 22.1.